The molecule has 6 nitrogen and oxygen atoms in total. The first kappa shape index (κ1) is 17.8. The van der Waals surface area contributed by atoms with Crippen molar-refractivity contribution in [3.8, 4) is 0 Å². The molecule has 0 unspecified atom stereocenters. The van der Waals surface area contributed by atoms with E-state index in [1.807, 2.05) is 19.9 Å². The molecule has 2 heterocycles. The van der Waals surface area contributed by atoms with Crippen molar-refractivity contribution in [2.75, 3.05) is 6.54 Å². The number of amides is 2. The highest BCUT2D eigenvalue weighted by Crippen LogP contribution is 2.18. The fraction of sp³-hybridized carbons (Fsp3) is 0.444. The summed E-state index contributed by atoms with van der Waals surface area (Å²) in [5.74, 6) is 1.69. The van der Waals surface area contributed by atoms with Gasteiger partial charge in [0.2, 0.25) is 5.91 Å². The summed E-state index contributed by atoms with van der Waals surface area (Å²) in [6.45, 7) is 7.99. The molecular weight excluding hydrogens is 308 g/mol. The molecule has 0 aliphatic heterocycles. The van der Waals surface area contributed by atoms with Gasteiger partial charge in [-0.05, 0) is 45.9 Å². The van der Waals surface area contributed by atoms with Gasteiger partial charge in [0.1, 0.15) is 17.3 Å². The Kier molecular flexibility index (Phi) is 5.84. The Bertz CT molecular complexity index is 686. The third-order valence-corrected chi connectivity index (χ3v) is 3.54. The second-order valence-electron chi connectivity index (χ2n) is 6.11. The molecule has 0 bridgehead atoms. The van der Waals surface area contributed by atoms with E-state index in [0.717, 1.165) is 0 Å². The zero-order valence-corrected chi connectivity index (χ0v) is 14.6. The SMILES string of the molecule is Cc1cc(C(=O)N(CCC(=O)NC(C)C)Cc2ccco2)c(C)o1. The van der Waals surface area contributed by atoms with Gasteiger partial charge in [0.05, 0.1) is 18.4 Å². The topological polar surface area (TPSA) is 75.7 Å². The van der Waals surface area contributed by atoms with Crippen LogP contribution in [-0.4, -0.2) is 29.3 Å². The summed E-state index contributed by atoms with van der Waals surface area (Å²) in [4.78, 5) is 26.3. The van der Waals surface area contributed by atoms with Crippen LogP contribution < -0.4 is 5.32 Å². The summed E-state index contributed by atoms with van der Waals surface area (Å²) >= 11 is 0. The van der Waals surface area contributed by atoms with E-state index in [0.29, 0.717) is 35.9 Å². The van der Waals surface area contributed by atoms with Crippen LogP contribution in [0.2, 0.25) is 0 Å². The Morgan fingerprint density at radius 3 is 2.58 bits per heavy atom. The van der Waals surface area contributed by atoms with Gasteiger partial charge in [-0.25, -0.2) is 0 Å². The summed E-state index contributed by atoms with van der Waals surface area (Å²) in [5.41, 5.74) is 0.517. The highest BCUT2D eigenvalue weighted by Gasteiger charge is 2.22. The molecule has 2 aromatic rings. The number of hydrogen-bond donors (Lipinski definition) is 1. The molecule has 0 fully saturated rings. The number of carbonyl (C=O) groups is 2. The van der Waals surface area contributed by atoms with E-state index < -0.39 is 0 Å². The summed E-state index contributed by atoms with van der Waals surface area (Å²) < 4.78 is 10.8. The quantitative estimate of drug-likeness (QED) is 0.845. The fourth-order valence-corrected chi connectivity index (χ4v) is 2.49. The predicted molar refractivity (Wildman–Crippen MR) is 89.5 cm³/mol. The van der Waals surface area contributed by atoms with Gasteiger partial charge in [0, 0.05) is 19.0 Å². The third kappa shape index (κ3) is 4.75. The van der Waals surface area contributed by atoms with Gasteiger partial charge in [0.25, 0.3) is 5.91 Å². The van der Waals surface area contributed by atoms with Crippen LogP contribution in [0.3, 0.4) is 0 Å². The van der Waals surface area contributed by atoms with Crippen molar-refractivity contribution in [3.05, 3.63) is 47.3 Å². The smallest absolute Gasteiger partial charge is 0.257 e. The highest BCUT2D eigenvalue weighted by atomic mass is 16.3. The number of nitrogens with zero attached hydrogens (tertiary/aromatic N) is 1. The van der Waals surface area contributed by atoms with Gasteiger partial charge in [-0.15, -0.1) is 0 Å². The monoisotopic (exact) mass is 332 g/mol. The lowest BCUT2D eigenvalue weighted by atomic mass is 10.2. The second kappa shape index (κ2) is 7.86. The van der Waals surface area contributed by atoms with E-state index >= 15 is 0 Å². The van der Waals surface area contributed by atoms with Crippen LogP contribution in [0.5, 0.6) is 0 Å². The molecule has 0 saturated heterocycles. The maximum Gasteiger partial charge on any atom is 0.257 e. The van der Waals surface area contributed by atoms with Gasteiger partial charge >= 0.3 is 0 Å². The first-order valence-corrected chi connectivity index (χ1v) is 8.05. The van der Waals surface area contributed by atoms with Crippen LogP contribution in [0.1, 0.15) is 47.9 Å². The zero-order chi connectivity index (χ0) is 17.7. The van der Waals surface area contributed by atoms with Crippen LogP contribution in [0, 0.1) is 13.8 Å². The maximum absolute atomic E-state index is 12.8. The largest absolute Gasteiger partial charge is 0.467 e. The second-order valence-corrected chi connectivity index (χ2v) is 6.11. The minimum atomic E-state index is -0.168. The summed E-state index contributed by atoms with van der Waals surface area (Å²) in [7, 11) is 0. The third-order valence-electron chi connectivity index (χ3n) is 3.54. The van der Waals surface area contributed by atoms with Crippen molar-refractivity contribution in [1.29, 1.82) is 0 Å². The summed E-state index contributed by atoms with van der Waals surface area (Å²) in [6, 6.07) is 5.38. The van der Waals surface area contributed by atoms with Crippen molar-refractivity contribution in [2.24, 2.45) is 0 Å². The molecular formula is C18H24N2O4. The molecule has 0 aliphatic rings. The average molecular weight is 332 g/mol. The highest BCUT2D eigenvalue weighted by molar-refractivity contribution is 5.95. The van der Waals surface area contributed by atoms with Gasteiger partial charge in [-0.3, -0.25) is 9.59 Å². The Hall–Kier alpha value is -2.50. The van der Waals surface area contributed by atoms with Gasteiger partial charge in [0.15, 0.2) is 0 Å². The normalized spacial score (nSPS) is 10.9. The number of hydrogen-bond acceptors (Lipinski definition) is 4. The molecule has 130 valence electrons. The lowest BCUT2D eigenvalue weighted by molar-refractivity contribution is -0.121. The fourth-order valence-electron chi connectivity index (χ4n) is 2.49. The molecule has 0 saturated carbocycles. The number of carbonyl (C=O) groups excluding carboxylic acids is 2. The van der Waals surface area contributed by atoms with E-state index in [2.05, 4.69) is 5.32 Å². The molecule has 0 atom stereocenters. The molecule has 2 amide bonds. The Balaban J connectivity index is 2.11. The van der Waals surface area contributed by atoms with Crippen molar-refractivity contribution >= 4 is 11.8 Å². The van der Waals surface area contributed by atoms with E-state index in [1.54, 1.807) is 37.1 Å². The molecule has 2 aromatic heterocycles. The van der Waals surface area contributed by atoms with Crippen LogP contribution in [0.25, 0.3) is 0 Å². The molecule has 0 aromatic carbocycles. The van der Waals surface area contributed by atoms with Gasteiger partial charge in [-0.2, -0.15) is 0 Å². The number of rotatable bonds is 7. The Labute approximate surface area is 141 Å². The predicted octanol–water partition coefficient (Wildman–Crippen LogP) is 3.05. The van der Waals surface area contributed by atoms with Crippen molar-refractivity contribution in [2.45, 2.75) is 46.7 Å². The van der Waals surface area contributed by atoms with Crippen LogP contribution in [-0.2, 0) is 11.3 Å². The molecule has 24 heavy (non-hydrogen) atoms. The van der Waals surface area contributed by atoms with Crippen molar-refractivity contribution in [3.63, 3.8) is 0 Å². The Morgan fingerprint density at radius 1 is 1.29 bits per heavy atom. The first-order valence-electron chi connectivity index (χ1n) is 8.05. The molecule has 1 N–H and O–H groups in total. The zero-order valence-electron chi connectivity index (χ0n) is 14.6. The molecule has 0 aliphatic carbocycles. The minimum Gasteiger partial charge on any atom is -0.467 e. The summed E-state index contributed by atoms with van der Waals surface area (Å²) in [5, 5.41) is 2.83. The summed E-state index contributed by atoms with van der Waals surface area (Å²) in [6.07, 6.45) is 1.80. The maximum atomic E-state index is 12.8. The van der Waals surface area contributed by atoms with E-state index in [1.165, 1.54) is 0 Å². The lowest BCUT2D eigenvalue weighted by Gasteiger charge is -2.21. The minimum absolute atomic E-state index is 0.0745. The number of nitrogens with one attached hydrogen (secondary N) is 1. The average Bonchev–Trinajstić information content (AvgIpc) is 3.11. The van der Waals surface area contributed by atoms with Gasteiger partial charge in [-0.1, -0.05) is 0 Å². The van der Waals surface area contributed by atoms with E-state index in [-0.39, 0.29) is 24.3 Å². The van der Waals surface area contributed by atoms with Crippen molar-refractivity contribution < 1.29 is 18.4 Å². The molecule has 6 heteroatoms. The van der Waals surface area contributed by atoms with E-state index in [9.17, 15) is 9.59 Å². The standard InChI is InChI=1S/C18H24N2O4/c1-12(2)19-17(21)7-8-20(11-15-6-5-9-23-15)18(22)16-10-13(3)24-14(16)4/h5-6,9-10,12H,7-8,11H2,1-4H3,(H,19,21). The number of furan rings is 2. The lowest BCUT2D eigenvalue weighted by Crippen LogP contribution is -2.36. The molecule has 0 spiro atoms. The Morgan fingerprint density at radius 2 is 2.04 bits per heavy atom. The molecule has 0 radical (unpaired) electrons. The van der Waals surface area contributed by atoms with E-state index in [4.69, 9.17) is 8.83 Å². The number of aryl methyl sites for hydroxylation is 2. The first-order chi connectivity index (χ1) is 11.4. The molecule has 2 rings (SSSR count). The van der Waals surface area contributed by atoms with Gasteiger partial charge < -0.3 is 19.1 Å². The van der Waals surface area contributed by atoms with Crippen LogP contribution in [0.4, 0.5) is 0 Å². The van der Waals surface area contributed by atoms with Crippen LogP contribution >= 0.6 is 0 Å². The van der Waals surface area contributed by atoms with Crippen LogP contribution in [0.15, 0.2) is 33.3 Å². The van der Waals surface area contributed by atoms with Crippen molar-refractivity contribution in [1.82, 2.24) is 10.2 Å².